The summed E-state index contributed by atoms with van der Waals surface area (Å²) in [6.07, 6.45) is 0.808. The largest absolute Gasteiger partial charge is 0.490 e. The number of carbonyl (C=O) groups excluding carboxylic acids is 2. The molecule has 142 valence electrons. The zero-order chi connectivity index (χ0) is 19.4. The second-order valence-corrected chi connectivity index (χ2v) is 7.29. The van der Waals surface area contributed by atoms with Gasteiger partial charge in [0, 0.05) is 5.69 Å². The van der Waals surface area contributed by atoms with Crippen LogP contribution in [0.25, 0.3) is 0 Å². The Hall–Kier alpha value is -3.02. The lowest BCUT2D eigenvalue weighted by atomic mass is 10.0. The second-order valence-electron chi connectivity index (χ2n) is 7.29. The van der Waals surface area contributed by atoms with Crippen LogP contribution in [0.4, 0.5) is 10.5 Å². The normalized spacial score (nSPS) is 14.1. The molecule has 0 fully saturated rings. The summed E-state index contributed by atoms with van der Waals surface area (Å²) in [4.78, 5) is 24.6. The van der Waals surface area contributed by atoms with E-state index in [4.69, 9.17) is 14.2 Å². The number of benzene rings is 2. The van der Waals surface area contributed by atoms with Gasteiger partial charge in [0.15, 0.2) is 11.5 Å². The van der Waals surface area contributed by atoms with Gasteiger partial charge in [0.2, 0.25) is 0 Å². The van der Waals surface area contributed by atoms with Crippen molar-refractivity contribution >= 4 is 17.7 Å². The SMILES string of the molecule is CC(C)(C)OC(=O)Nc1ccc2c(c1)CCCOc1ccccc1OC2=O. The molecule has 2 aromatic rings. The number of ether oxygens (including phenoxy) is 3. The van der Waals surface area contributed by atoms with Crippen LogP contribution in [0.1, 0.15) is 43.1 Å². The third kappa shape index (κ3) is 5.00. The molecule has 0 bridgehead atoms. The first kappa shape index (κ1) is 18.8. The summed E-state index contributed by atoms with van der Waals surface area (Å²) in [6, 6.07) is 12.2. The van der Waals surface area contributed by atoms with Crippen LogP contribution in [0.15, 0.2) is 42.5 Å². The standard InChI is InChI=1S/C21H23NO5/c1-21(2,3)27-20(24)22-15-10-11-16-14(13-15)7-6-12-25-17-8-4-5-9-18(17)26-19(16)23/h4-5,8-11,13H,6-7,12H2,1-3H3,(H,22,24). The number of carbonyl (C=O) groups is 2. The van der Waals surface area contributed by atoms with Gasteiger partial charge in [-0.1, -0.05) is 12.1 Å². The van der Waals surface area contributed by atoms with Gasteiger partial charge in [-0.2, -0.15) is 0 Å². The van der Waals surface area contributed by atoms with Crippen LogP contribution >= 0.6 is 0 Å². The fourth-order valence-corrected chi connectivity index (χ4v) is 2.75. The first-order valence-electron chi connectivity index (χ1n) is 8.89. The zero-order valence-corrected chi connectivity index (χ0v) is 15.7. The maximum absolute atomic E-state index is 12.6. The molecule has 0 saturated heterocycles. The minimum Gasteiger partial charge on any atom is -0.490 e. The average molecular weight is 369 g/mol. The first-order chi connectivity index (χ1) is 12.8. The lowest BCUT2D eigenvalue weighted by molar-refractivity contribution is 0.0635. The molecule has 1 N–H and O–H groups in total. The number of hydrogen-bond acceptors (Lipinski definition) is 5. The fourth-order valence-electron chi connectivity index (χ4n) is 2.75. The Balaban J connectivity index is 1.83. The van der Waals surface area contributed by atoms with Crippen molar-refractivity contribution < 1.29 is 23.8 Å². The van der Waals surface area contributed by atoms with Crippen LogP contribution in [-0.2, 0) is 11.2 Å². The van der Waals surface area contributed by atoms with E-state index in [-0.39, 0.29) is 0 Å². The van der Waals surface area contributed by atoms with Gasteiger partial charge >= 0.3 is 12.1 Å². The molecule has 0 radical (unpaired) electrons. The number of nitrogens with one attached hydrogen (secondary N) is 1. The molecule has 0 aromatic heterocycles. The van der Waals surface area contributed by atoms with Crippen LogP contribution in [0.5, 0.6) is 11.5 Å². The Morgan fingerprint density at radius 3 is 2.59 bits per heavy atom. The molecule has 1 aliphatic heterocycles. The van der Waals surface area contributed by atoms with E-state index in [2.05, 4.69) is 5.32 Å². The molecule has 0 saturated carbocycles. The van der Waals surface area contributed by atoms with Crippen molar-refractivity contribution in [3.05, 3.63) is 53.6 Å². The van der Waals surface area contributed by atoms with Crippen molar-refractivity contribution in [2.75, 3.05) is 11.9 Å². The Morgan fingerprint density at radius 2 is 1.85 bits per heavy atom. The number of hydrogen-bond donors (Lipinski definition) is 1. The van der Waals surface area contributed by atoms with E-state index in [0.717, 1.165) is 12.0 Å². The van der Waals surface area contributed by atoms with Crippen molar-refractivity contribution in [2.24, 2.45) is 0 Å². The van der Waals surface area contributed by atoms with Gasteiger partial charge < -0.3 is 14.2 Å². The lowest BCUT2D eigenvalue weighted by Gasteiger charge is -2.20. The lowest BCUT2D eigenvalue weighted by Crippen LogP contribution is -2.27. The summed E-state index contributed by atoms with van der Waals surface area (Å²) in [7, 11) is 0. The highest BCUT2D eigenvalue weighted by Gasteiger charge is 2.20. The van der Waals surface area contributed by atoms with Crippen molar-refractivity contribution in [1.29, 1.82) is 0 Å². The van der Waals surface area contributed by atoms with E-state index in [1.54, 1.807) is 57.2 Å². The van der Waals surface area contributed by atoms with E-state index < -0.39 is 17.7 Å². The molecule has 0 unspecified atom stereocenters. The molecule has 0 atom stereocenters. The number of rotatable bonds is 1. The Morgan fingerprint density at radius 1 is 1.11 bits per heavy atom. The van der Waals surface area contributed by atoms with E-state index >= 15 is 0 Å². The molecular formula is C21H23NO5. The van der Waals surface area contributed by atoms with Gasteiger partial charge in [-0.25, -0.2) is 9.59 Å². The van der Waals surface area contributed by atoms with E-state index in [1.807, 2.05) is 6.07 Å². The van der Waals surface area contributed by atoms with Gasteiger partial charge in [-0.05, 0) is 69.5 Å². The number of esters is 1. The molecule has 3 rings (SSSR count). The molecule has 6 nitrogen and oxygen atoms in total. The summed E-state index contributed by atoms with van der Waals surface area (Å²) in [5, 5.41) is 2.70. The maximum Gasteiger partial charge on any atom is 0.412 e. The number of para-hydroxylation sites is 2. The molecule has 6 heteroatoms. The van der Waals surface area contributed by atoms with Crippen LogP contribution < -0.4 is 14.8 Å². The van der Waals surface area contributed by atoms with Crippen LogP contribution in [0.2, 0.25) is 0 Å². The molecule has 2 aromatic carbocycles. The van der Waals surface area contributed by atoms with Crippen molar-refractivity contribution in [1.82, 2.24) is 0 Å². The van der Waals surface area contributed by atoms with Crippen molar-refractivity contribution in [3.8, 4) is 11.5 Å². The van der Waals surface area contributed by atoms with Gasteiger partial charge in [0.25, 0.3) is 0 Å². The fraction of sp³-hybridized carbons (Fsp3) is 0.333. The van der Waals surface area contributed by atoms with Gasteiger partial charge in [0.1, 0.15) is 5.60 Å². The smallest absolute Gasteiger partial charge is 0.412 e. The number of fused-ring (bicyclic) bond motifs is 2. The van der Waals surface area contributed by atoms with E-state index in [9.17, 15) is 9.59 Å². The molecule has 0 spiro atoms. The van der Waals surface area contributed by atoms with Gasteiger partial charge in [-0.3, -0.25) is 5.32 Å². The molecule has 27 heavy (non-hydrogen) atoms. The van der Waals surface area contributed by atoms with Gasteiger partial charge in [0.05, 0.1) is 12.2 Å². The summed E-state index contributed by atoms with van der Waals surface area (Å²) in [6.45, 7) is 5.89. The van der Waals surface area contributed by atoms with Crippen LogP contribution in [0, 0.1) is 0 Å². The Labute approximate surface area is 158 Å². The third-order valence-corrected chi connectivity index (χ3v) is 3.87. The predicted octanol–water partition coefficient (Wildman–Crippen LogP) is 4.58. The summed E-state index contributed by atoms with van der Waals surface area (Å²) in [5.74, 6) is 0.496. The van der Waals surface area contributed by atoms with Gasteiger partial charge in [-0.15, -0.1) is 0 Å². The molecule has 0 aliphatic carbocycles. The Bertz CT molecular complexity index is 854. The minimum atomic E-state index is -0.585. The monoisotopic (exact) mass is 369 g/mol. The highest BCUT2D eigenvalue weighted by Crippen LogP contribution is 2.29. The molecule has 1 amide bonds. The highest BCUT2D eigenvalue weighted by molar-refractivity contribution is 5.94. The average Bonchev–Trinajstić information content (AvgIpc) is 2.58. The molecule has 1 heterocycles. The second kappa shape index (κ2) is 7.70. The Kier molecular flexibility index (Phi) is 5.35. The number of aryl methyl sites for hydroxylation is 1. The quantitative estimate of drug-likeness (QED) is 0.588. The predicted molar refractivity (Wildman–Crippen MR) is 102 cm³/mol. The van der Waals surface area contributed by atoms with Crippen LogP contribution in [0.3, 0.4) is 0 Å². The summed E-state index contributed by atoms with van der Waals surface area (Å²) >= 11 is 0. The first-order valence-corrected chi connectivity index (χ1v) is 8.89. The number of amides is 1. The van der Waals surface area contributed by atoms with E-state index in [1.165, 1.54) is 0 Å². The summed E-state index contributed by atoms with van der Waals surface area (Å²) in [5.41, 5.74) is 1.24. The highest BCUT2D eigenvalue weighted by atomic mass is 16.6. The van der Waals surface area contributed by atoms with E-state index in [0.29, 0.717) is 35.8 Å². The molecular weight excluding hydrogens is 346 g/mol. The minimum absolute atomic E-state index is 0.395. The number of anilines is 1. The van der Waals surface area contributed by atoms with Crippen molar-refractivity contribution in [2.45, 2.75) is 39.2 Å². The third-order valence-electron chi connectivity index (χ3n) is 3.87. The summed E-state index contributed by atoms with van der Waals surface area (Å²) < 4.78 is 16.5. The molecule has 1 aliphatic rings. The van der Waals surface area contributed by atoms with Crippen molar-refractivity contribution in [3.63, 3.8) is 0 Å². The van der Waals surface area contributed by atoms with Crippen LogP contribution in [-0.4, -0.2) is 24.3 Å². The topological polar surface area (TPSA) is 73.9 Å². The zero-order valence-electron chi connectivity index (χ0n) is 15.7. The maximum atomic E-state index is 12.6.